The number of hydrogen-bond donors (Lipinski definition) is 2. The van der Waals surface area contributed by atoms with Crippen molar-refractivity contribution in [1.82, 2.24) is 10.6 Å². The van der Waals surface area contributed by atoms with Gasteiger partial charge in [-0.05, 0) is 30.5 Å². The van der Waals surface area contributed by atoms with Crippen molar-refractivity contribution in [1.29, 1.82) is 0 Å². The Morgan fingerprint density at radius 1 is 1.20 bits per heavy atom. The lowest BCUT2D eigenvalue weighted by Gasteiger charge is -2.13. The van der Waals surface area contributed by atoms with E-state index < -0.39 is 0 Å². The monoisotopic (exact) mass is 391 g/mol. The molecule has 1 rings (SSSR count). The van der Waals surface area contributed by atoms with Crippen molar-refractivity contribution in [3.8, 4) is 5.75 Å². The van der Waals surface area contributed by atoms with E-state index in [0.29, 0.717) is 12.5 Å². The number of rotatable bonds is 6. The molecule has 0 spiro atoms. The first kappa shape index (κ1) is 19.0. The Balaban J connectivity index is 0.00000361. The number of nitrogens with zero attached hydrogens (tertiary/aromatic N) is 1. The second kappa shape index (κ2) is 10.8. The summed E-state index contributed by atoms with van der Waals surface area (Å²) in [5.74, 6) is 2.34. The van der Waals surface area contributed by atoms with Gasteiger partial charge in [-0.15, -0.1) is 24.0 Å². The van der Waals surface area contributed by atoms with E-state index in [4.69, 9.17) is 4.74 Å². The predicted octanol–water partition coefficient (Wildman–Crippen LogP) is 3.02. The Morgan fingerprint density at radius 2 is 1.85 bits per heavy atom. The highest BCUT2D eigenvalue weighted by molar-refractivity contribution is 14.0. The minimum Gasteiger partial charge on any atom is -0.497 e. The molecule has 0 saturated carbocycles. The zero-order chi connectivity index (χ0) is 14.1. The van der Waals surface area contributed by atoms with Gasteiger partial charge >= 0.3 is 0 Å². The summed E-state index contributed by atoms with van der Waals surface area (Å²) in [4.78, 5) is 4.56. The zero-order valence-corrected chi connectivity index (χ0v) is 15.1. The van der Waals surface area contributed by atoms with E-state index in [9.17, 15) is 0 Å². The summed E-state index contributed by atoms with van der Waals surface area (Å²) in [6.45, 7) is 8.89. The maximum absolute atomic E-state index is 5.14. The van der Waals surface area contributed by atoms with Crippen molar-refractivity contribution in [3.63, 3.8) is 0 Å². The van der Waals surface area contributed by atoms with Gasteiger partial charge in [-0.1, -0.05) is 26.0 Å². The topological polar surface area (TPSA) is 45.7 Å². The molecular weight excluding hydrogens is 365 g/mol. The van der Waals surface area contributed by atoms with Crippen LogP contribution in [0, 0.1) is 5.92 Å². The maximum Gasteiger partial charge on any atom is 0.191 e. The van der Waals surface area contributed by atoms with Gasteiger partial charge in [0.1, 0.15) is 5.75 Å². The number of methoxy groups -OCH3 is 1. The van der Waals surface area contributed by atoms with Gasteiger partial charge in [0, 0.05) is 13.1 Å². The molecular formula is C15H26IN3O. The Labute approximate surface area is 139 Å². The molecule has 0 heterocycles. The second-order valence-corrected chi connectivity index (χ2v) is 4.82. The van der Waals surface area contributed by atoms with Gasteiger partial charge in [0.15, 0.2) is 5.96 Å². The Kier molecular flexibility index (Phi) is 10.2. The van der Waals surface area contributed by atoms with Crippen LogP contribution in [0.2, 0.25) is 0 Å². The van der Waals surface area contributed by atoms with Crippen molar-refractivity contribution in [3.05, 3.63) is 29.8 Å². The molecule has 114 valence electrons. The first-order chi connectivity index (χ1) is 9.15. The first-order valence-electron chi connectivity index (χ1n) is 6.80. The Morgan fingerprint density at radius 3 is 2.35 bits per heavy atom. The molecule has 1 aromatic rings. The predicted molar refractivity (Wildman–Crippen MR) is 96.1 cm³/mol. The molecule has 1 aromatic carbocycles. The fourth-order valence-electron chi connectivity index (χ4n) is 1.54. The zero-order valence-electron chi connectivity index (χ0n) is 12.8. The van der Waals surface area contributed by atoms with Gasteiger partial charge < -0.3 is 15.4 Å². The fraction of sp³-hybridized carbons (Fsp3) is 0.533. The molecule has 20 heavy (non-hydrogen) atoms. The summed E-state index contributed by atoms with van der Waals surface area (Å²) in [5.41, 5.74) is 1.17. The van der Waals surface area contributed by atoms with Crippen LogP contribution in [-0.2, 0) is 6.54 Å². The summed E-state index contributed by atoms with van der Waals surface area (Å²) >= 11 is 0. The van der Waals surface area contributed by atoms with E-state index in [2.05, 4.69) is 36.4 Å². The third-order valence-electron chi connectivity index (χ3n) is 2.60. The number of hydrogen-bond acceptors (Lipinski definition) is 2. The van der Waals surface area contributed by atoms with Gasteiger partial charge in [-0.25, -0.2) is 4.99 Å². The van der Waals surface area contributed by atoms with Gasteiger partial charge in [-0.3, -0.25) is 0 Å². The fourth-order valence-corrected chi connectivity index (χ4v) is 1.54. The summed E-state index contributed by atoms with van der Waals surface area (Å²) in [6.07, 6.45) is 0. The summed E-state index contributed by atoms with van der Waals surface area (Å²) in [7, 11) is 1.67. The quantitative estimate of drug-likeness (QED) is 0.445. The second-order valence-electron chi connectivity index (χ2n) is 4.82. The highest BCUT2D eigenvalue weighted by atomic mass is 127. The lowest BCUT2D eigenvalue weighted by atomic mass is 10.2. The van der Waals surface area contributed by atoms with Crippen LogP contribution in [0.25, 0.3) is 0 Å². The van der Waals surface area contributed by atoms with E-state index in [1.807, 2.05) is 24.3 Å². The summed E-state index contributed by atoms with van der Waals surface area (Å²) in [5, 5.41) is 6.57. The molecule has 0 unspecified atom stereocenters. The van der Waals surface area contributed by atoms with Crippen LogP contribution in [0.4, 0.5) is 0 Å². The minimum absolute atomic E-state index is 0. The SMILES string of the molecule is CCNC(=NCc1ccc(OC)cc1)NCC(C)C.I. The molecule has 5 heteroatoms. The molecule has 2 N–H and O–H groups in total. The van der Waals surface area contributed by atoms with E-state index >= 15 is 0 Å². The van der Waals surface area contributed by atoms with E-state index in [-0.39, 0.29) is 24.0 Å². The van der Waals surface area contributed by atoms with Crippen LogP contribution >= 0.6 is 24.0 Å². The number of nitrogens with one attached hydrogen (secondary N) is 2. The molecule has 0 saturated heterocycles. The van der Waals surface area contributed by atoms with Crippen molar-refractivity contribution in [2.45, 2.75) is 27.3 Å². The third kappa shape index (κ3) is 7.57. The summed E-state index contributed by atoms with van der Waals surface area (Å²) in [6, 6.07) is 7.99. The number of benzene rings is 1. The van der Waals surface area contributed by atoms with Crippen molar-refractivity contribution in [2.75, 3.05) is 20.2 Å². The van der Waals surface area contributed by atoms with Gasteiger partial charge in [0.2, 0.25) is 0 Å². The van der Waals surface area contributed by atoms with E-state index in [1.54, 1.807) is 7.11 Å². The number of guanidine groups is 1. The van der Waals surface area contributed by atoms with Crippen LogP contribution in [0.1, 0.15) is 26.3 Å². The van der Waals surface area contributed by atoms with Gasteiger partial charge in [0.05, 0.1) is 13.7 Å². The molecule has 0 fully saturated rings. The van der Waals surface area contributed by atoms with Crippen LogP contribution in [0.3, 0.4) is 0 Å². The van der Waals surface area contributed by atoms with Gasteiger partial charge in [-0.2, -0.15) is 0 Å². The van der Waals surface area contributed by atoms with Crippen molar-refractivity contribution < 1.29 is 4.74 Å². The molecule has 0 aliphatic carbocycles. The molecule has 0 amide bonds. The molecule has 0 radical (unpaired) electrons. The highest BCUT2D eigenvalue weighted by Crippen LogP contribution is 2.11. The summed E-state index contributed by atoms with van der Waals surface area (Å²) < 4.78 is 5.14. The smallest absolute Gasteiger partial charge is 0.191 e. The normalized spacial score (nSPS) is 10.9. The number of halogens is 1. The largest absolute Gasteiger partial charge is 0.497 e. The Bertz CT molecular complexity index is 391. The minimum atomic E-state index is 0. The van der Waals surface area contributed by atoms with Crippen LogP contribution in [0.5, 0.6) is 5.75 Å². The molecule has 4 nitrogen and oxygen atoms in total. The average molecular weight is 391 g/mol. The molecule has 0 aliphatic heterocycles. The number of ether oxygens (including phenoxy) is 1. The van der Waals surface area contributed by atoms with Crippen LogP contribution in [-0.4, -0.2) is 26.2 Å². The molecule has 0 atom stereocenters. The van der Waals surface area contributed by atoms with Crippen molar-refractivity contribution >= 4 is 29.9 Å². The molecule has 0 aromatic heterocycles. The highest BCUT2D eigenvalue weighted by Gasteiger charge is 1.99. The van der Waals surface area contributed by atoms with Crippen LogP contribution < -0.4 is 15.4 Å². The molecule has 0 aliphatic rings. The van der Waals surface area contributed by atoms with E-state index in [0.717, 1.165) is 24.8 Å². The van der Waals surface area contributed by atoms with Crippen molar-refractivity contribution in [2.24, 2.45) is 10.9 Å². The number of aliphatic imine (C=N–C) groups is 1. The lowest BCUT2D eigenvalue weighted by Crippen LogP contribution is -2.39. The average Bonchev–Trinajstić information content (AvgIpc) is 2.42. The van der Waals surface area contributed by atoms with Crippen LogP contribution in [0.15, 0.2) is 29.3 Å². The first-order valence-corrected chi connectivity index (χ1v) is 6.80. The van der Waals surface area contributed by atoms with E-state index in [1.165, 1.54) is 5.56 Å². The maximum atomic E-state index is 5.14. The van der Waals surface area contributed by atoms with Gasteiger partial charge in [0.25, 0.3) is 0 Å². The third-order valence-corrected chi connectivity index (χ3v) is 2.60. The lowest BCUT2D eigenvalue weighted by molar-refractivity contribution is 0.414. The Hall–Kier alpha value is -0.980. The standard InChI is InChI=1S/C15H25N3O.HI/c1-5-16-15(17-10-12(2)3)18-11-13-6-8-14(19-4)9-7-13;/h6-9,12H,5,10-11H2,1-4H3,(H2,16,17,18);1H. The molecule has 0 bridgehead atoms.